The van der Waals surface area contributed by atoms with Gasteiger partial charge in [0, 0.05) is 30.2 Å². The normalized spacial score (nSPS) is 19.6. The summed E-state index contributed by atoms with van der Waals surface area (Å²) in [6.45, 7) is 1.07. The summed E-state index contributed by atoms with van der Waals surface area (Å²) >= 11 is 1.83. The van der Waals surface area contributed by atoms with Crippen molar-refractivity contribution in [1.82, 2.24) is 4.31 Å². The maximum Gasteiger partial charge on any atom is 0.243 e. The Labute approximate surface area is 147 Å². The van der Waals surface area contributed by atoms with Crippen molar-refractivity contribution in [2.24, 2.45) is 0 Å². The summed E-state index contributed by atoms with van der Waals surface area (Å²) in [6.07, 6.45) is 0.817. The second-order valence-electron chi connectivity index (χ2n) is 5.64. The number of methoxy groups -OCH3 is 1. The summed E-state index contributed by atoms with van der Waals surface area (Å²) < 4.78 is 32.6. The molecule has 1 saturated heterocycles. The maximum absolute atomic E-state index is 12.9. The molecule has 1 heterocycles. The average molecular weight is 364 g/mol. The zero-order valence-corrected chi connectivity index (χ0v) is 15.2. The van der Waals surface area contributed by atoms with Gasteiger partial charge in [0.2, 0.25) is 10.0 Å². The molecule has 1 aliphatic heterocycles. The molecule has 0 N–H and O–H groups in total. The van der Waals surface area contributed by atoms with Crippen LogP contribution in [0.1, 0.15) is 17.2 Å². The molecule has 0 aliphatic carbocycles. The summed E-state index contributed by atoms with van der Waals surface area (Å²) in [6, 6.07) is 17.0. The highest BCUT2D eigenvalue weighted by atomic mass is 32.2. The first-order valence-electron chi connectivity index (χ1n) is 7.92. The predicted octanol–water partition coefficient (Wildman–Crippen LogP) is 3.56. The Balaban J connectivity index is 1.77. The van der Waals surface area contributed by atoms with Gasteiger partial charge in [0.05, 0.1) is 12.0 Å². The third-order valence-corrected chi connectivity index (χ3v) is 7.37. The van der Waals surface area contributed by atoms with E-state index in [1.807, 2.05) is 30.0 Å². The lowest BCUT2D eigenvalue weighted by Crippen LogP contribution is -2.33. The smallest absolute Gasteiger partial charge is 0.243 e. The van der Waals surface area contributed by atoms with Gasteiger partial charge in [0.25, 0.3) is 0 Å². The fourth-order valence-electron chi connectivity index (χ4n) is 2.83. The van der Waals surface area contributed by atoms with Crippen LogP contribution >= 0.6 is 11.8 Å². The highest BCUT2D eigenvalue weighted by molar-refractivity contribution is 7.99. The first-order chi connectivity index (χ1) is 11.6. The molecule has 0 amide bonds. The van der Waals surface area contributed by atoms with Crippen molar-refractivity contribution in [1.29, 1.82) is 0 Å². The molecule has 1 unspecified atom stereocenters. The third-order valence-electron chi connectivity index (χ3n) is 4.15. The fraction of sp³-hybridized carbons (Fsp3) is 0.333. The molecule has 0 spiro atoms. The highest BCUT2D eigenvalue weighted by Crippen LogP contribution is 2.35. The summed E-state index contributed by atoms with van der Waals surface area (Å²) in [5.74, 6) is 1.35. The molecule has 0 saturated carbocycles. The van der Waals surface area contributed by atoms with Crippen LogP contribution in [0, 0.1) is 0 Å². The molecule has 1 atom stereocenters. The molecule has 2 aromatic carbocycles. The van der Waals surface area contributed by atoms with Gasteiger partial charge in [-0.15, -0.1) is 0 Å². The Bertz CT molecular complexity index is 778. The Morgan fingerprint density at radius 1 is 1.08 bits per heavy atom. The average Bonchev–Trinajstić information content (AvgIpc) is 2.89. The van der Waals surface area contributed by atoms with Crippen LogP contribution < -0.4 is 4.74 Å². The molecular weight excluding hydrogens is 342 g/mol. The molecule has 0 bridgehead atoms. The monoisotopic (exact) mass is 363 g/mol. The van der Waals surface area contributed by atoms with E-state index in [2.05, 4.69) is 12.1 Å². The van der Waals surface area contributed by atoms with Crippen molar-refractivity contribution in [3.05, 3.63) is 60.2 Å². The quantitative estimate of drug-likeness (QED) is 0.833. The lowest BCUT2D eigenvalue weighted by Gasteiger charge is -2.20. The number of ether oxygens (including phenoxy) is 1. The minimum Gasteiger partial charge on any atom is -0.497 e. The first-order valence-corrected chi connectivity index (χ1v) is 10.4. The topological polar surface area (TPSA) is 46.6 Å². The summed E-state index contributed by atoms with van der Waals surface area (Å²) in [7, 11) is -1.94. The van der Waals surface area contributed by atoms with E-state index < -0.39 is 10.0 Å². The van der Waals surface area contributed by atoms with Gasteiger partial charge in [-0.3, -0.25) is 0 Å². The second kappa shape index (κ2) is 7.59. The van der Waals surface area contributed by atoms with E-state index in [1.54, 1.807) is 35.7 Å². The lowest BCUT2D eigenvalue weighted by molar-refractivity contribution is 0.410. The summed E-state index contributed by atoms with van der Waals surface area (Å²) in [5, 5.41) is 0.344. The van der Waals surface area contributed by atoms with Crippen LogP contribution in [0.4, 0.5) is 0 Å². The van der Waals surface area contributed by atoms with Crippen LogP contribution in [0.25, 0.3) is 0 Å². The molecule has 0 radical (unpaired) electrons. The lowest BCUT2D eigenvalue weighted by atomic mass is 10.1. The number of thioether (sulfide) groups is 1. The zero-order chi connectivity index (χ0) is 17.0. The molecular formula is C18H21NO3S2. The van der Waals surface area contributed by atoms with E-state index in [0.29, 0.717) is 29.0 Å². The van der Waals surface area contributed by atoms with Crippen molar-refractivity contribution in [3.63, 3.8) is 0 Å². The van der Waals surface area contributed by atoms with Crippen molar-refractivity contribution < 1.29 is 13.2 Å². The first kappa shape index (κ1) is 17.3. The number of nitrogens with zero attached hydrogens (tertiary/aromatic N) is 1. The number of rotatable bonds is 4. The molecule has 0 aromatic heterocycles. The van der Waals surface area contributed by atoms with E-state index in [1.165, 1.54) is 5.56 Å². The Morgan fingerprint density at radius 2 is 1.88 bits per heavy atom. The molecule has 128 valence electrons. The Morgan fingerprint density at radius 3 is 2.62 bits per heavy atom. The minimum atomic E-state index is -3.48. The zero-order valence-electron chi connectivity index (χ0n) is 13.6. The van der Waals surface area contributed by atoms with Crippen LogP contribution in [0.5, 0.6) is 5.75 Å². The molecule has 1 aliphatic rings. The van der Waals surface area contributed by atoms with E-state index in [0.717, 1.165) is 12.2 Å². The van der Waals surface area contributed by atoms with E-state index in [4.69, 9.17) is 4.74 Å². The van der Waals surface area contributed by atoms with Gasteiger partial charge in [-0.2, -0.15) is 16.1 Å². The molecule has 1 fully saturated rings. The molecule has 2 aromatic rings. The minimum absolute atomic E-state index is 0.296. The van der Waals surface area contributed by atoms with Gasteiger partial charge in [-0.25, -0.2) is 8.42 Å². The highest BCUT2D eigenvalue weighted by Gasteiger charge is 2.28. The van der Waals surface area contributed by atoms with Crippen molar-refractivity contribution in [2.75, 3.05) is 26.0 Å². The summed E-state index contributed by atoms with van der Waals surface area (Å²) in [4.78, 5) is 0.296. The fourth-order valence-corrected chi connectivity index (χ4v) is 5.67. The predicted molar refractivity (Wildman–Crippen MR) is 98.0 cm³/mol. The van der Waals surface area contributed by atoms with Gasteiger partial charge in [-0.1, -0.05) is 36.4 Å². The van der Waals surface area contributed by atoms with E-state index in [-0.39, 0.29) is 0 Å². The van der Waals surface area contributed by atoms with Crippen LogP contribution in [0.15, 0.2) is 59.5 Å². The standard InChI is InChI=1S/C18H21NO3S2/c1-22-16-8-5-9-17(14-16)24(20,21)19-11-10-18(23-13-12-19)15-6-3-2-4-7-15/h2-9,14,18H,10-13H2,1H3. The number of sulfonamides is 1. The van der Waals surface area contributed by atoms with Crippen molar-refractivity contribution in [2.45, 2.75) is 16.6 Å². The van der Waals surface area contributed by atoms with Gasteiger partial charge in [-0.05, 0) is 24.1 Å². The molecule has 24 heavy (non-hydrogen) atoms. The Kier molecular flexibility index (Phi) is 5.48. The van der Waals surface area contributed by atoms with Crippen LogP contribution in [0.2, 0.25) is 0 Å². The van der Waals surface area contributed by atoms with Crippen molar-refractivity contribution >= 4 is 21.8 Å². The largest absolute Gasteiger partial charge is 0.497 e. The van der Waals surface area contributed by atoms with Gasteiger partial charge >= 0.3 is 0 Å². The van der Waals surface area contributed by atoms with E-state index in [9.17, 15) is 8.42 Å². The van der Waals surface area contributed by atoms with Gasteiger partial charge in [0.1, 0.15) is 5.75 Å². The van der Waals surface area contributed by atoms with Crippen LogP contribution in [-0.2, 0) is 10.0 Å². The van der Waals surface area contributed by atoms with Gasteiger partial charge < -0.3 is 4.74 Å². The second-order valence-corrected chi connectivity index (χ2v) is 8.89. The van der Waals surface area contributed by atoms with Gasteiger partial charge in [0.15, 0.2) is 0 Å². The number of hydrogen-bond acceptors (Lipinski definition) is 4. The molecule has 4 nitrogen and oxygen atoms in total. The molecule has 6 heteroatoms. The molecule has 3 rings (SSSR count). The third kappa shape index (κ3) is 3.77. The van der Waals surface area contributed by atoms with Crippen LogP contribution in [-0.4, -0.2) is 38.7 Å². The van der Waals surface area contributed by atoms with E-state index >= 15 is 0 Å². The van der Waals surface area contributed by atoms with Crippen molar-refractivity contribution in [3.8, 4) is 5.75 Å². The summed E-state index contributed by atoms with van der Waals surface area (Å²) in [5.41, 5.74) is 1.27. The van der Waals surface area contributed by atoms with Crippen LogP contribution in [0.3, 0.4) is 0 Å². The number of benzene rings is 2. The SMILES string of the molecule is COc1cccc(S(=O)(=O)N2CCSC(c3ccccc3)CC2)c1. The Hall–Kier alpha value is -1.50. The number of hydrogen-bond donors (Lipinski definition) is 0. The maximum atomic E-state index is 12.9.